The molecule has 7 nitrogen and oxygen atoms in total. The van der Waals surface area contributed by atoms with Gasteiger partial charge >= 0.3 is 6.18 Å². The highest BCUT2D eigenvalue weighted by atomic mass is 32.2. The first-order valence-corrected chi connectivity index (χ1v) is 13.5. The SMILES string of the molecule is Cc1nc(C(F)(F)F)cn1-c1ccc(-c2cccc(S(C)(=O)=O)c2)cc1N(N)/C(=C\N)c1ccc(C(F)F)cc1. The topological polar surface area (TPSA) is 107 Å². The molecular weight excluding hydrogens is 553 g/mol. The van der Waals surface area contributed by atoms with Crippen molar-refractivity contribution in [3.05, 3.63) is 102 Å². The Balaban J connectivity index is 1.90. The zero-order chi connectivity index (χ0) is 29.4. The summed E-state index contributed by atoms with van der Waals surface area (Å²) in [6.45, 7) is 1.39. The molecule has 0 fully saturated rings. The number of aryl methyl sites for hydroxylation is 1. The van der Waals surface area contributed by atoms with Gasteiger partial charge in [-0.25, -0.2) is 28.0 Å². The number of anilines is 1. The number of benzene rings is 3. The molecule has 4 N–H and O–H groups in total. The van der Waals surface area contributed by atoms with Crippen molar-refractivity contribution < 1.29 is 30.4 Å². The van der Waals surface area contributed by atoms with Gasteiger partial charge in [-0.05, 0) is 42.3 Å². The Bertz CT molecular complexity index is 1680. The second-order valence-electron chi connectivity index (χ2n) is 8.89. The summed E-state index contributed by atoms with van der Waals surface area (Å²) in [7, 11) is -3.52. The van der Waals surface area contributed by atoms with E-state index in [0.29, 0.717) is 16.7 Å². The van der Waals surface area contributed by atoms with Crippen molar-refractivity contribution in [2.75, 3.05) is 11.3 Å². The third-order valence-corrected chi connectivity index (χ3v) is 7.25. The van der Waals surface area contributed by atoms with Crippen LogP contribution >= 0.6 is 0 Å². The monoisotopic (exact) mass is 577 g/mol. The van der Waals surface area contributed by atoms with Gasteiger partial charge in [0.1, 0.15) is 5.82 Å². The fraction of sp³-hybridized carbons (Fsp3) is 0.148. The molecule has 0 amide bonds. The molecule has 3 aromatic carbocycles. The molecule has 0 atom stereocenters. The van der Waals surface area contributed by atoms with E-state index in [9.17, 15) is 30.4 Å². The van der Waals surface area contributed by atoms with Crippen LogP contribution in [0.4, 0.5) is 27.6 Å². The molecule has 13 heteroatoms. The highest BCUT2D eigenvalue weighted by molar-refractivity contribution is 7.90. The van der Waals surface area contributed by atoms with E-state index in [1.165, 1.54) is 54.0 Å². The maximum absolute atomic E-state index is 13.4. The number of imidazole rings is 1. The van der Waals surface area contributed by atoms with Crippen molar-refractivity contribution in [3.8, 4) is 16.8 Å². The maximum Gasteiger partial charge on any atom is 0.434 e. The smallest absolute Gasteiger partial charge is 0.403 e. The molecule has 4 rings (SSSR count). The fourth-order valence-electron chi connectivity index (χ4n) is 4.10. The lowest BCUT2D eigenvalue weighted by Crippen LogP contribution is -2.31. The van der Waals surface area contributed by atoms with Crippen LogP contribution in [0.15, 0.2) is 84.0 Å². The number of hydrogen-bond donors (Lipinski definition) is 2. The summed E-state index contributed by atoms with van der Waals surface area (Å²) in [5, 5.41) is 1.11. The Hall–Kier alpha value is -4.23. The third kappa shape index (κ3) is 5.84. The summed E-state index contributed by atoms with van der Waals surface area (Å²) in [5.74, 6) is 6.51. The van der Waals surface area contributed by atoms with Crippen molar-refractivity contribution in [1.82, 2.24) is 9.55 Å². The molecule has 1 heterocycles. The van der Waals surface area contributed by atoms with E-state index in [1.807, 2.05) is 0 Å². The number of nitrogens with two attached hydrogens (primary N) is 2. The highest BCUT2D eigenvalue weighted by Crippen LogP contribution is 2.36. The normalized spacial score (nSPS) is 12.7. The Labute approximate surface area is 227 Å². The molecule has 0 spiro atoms. The van der Waals surface area contributed by atoms with E-state index in [1.54, 1.807) is 24.3 Å². The first-order valence-electron chi connectivity index (χ1n) is 11.6. The van der Waals surface area contributed by atoms with Gasteiger partial charge in [-0.15, -0.1) is 0 Å². The number of halogens is 5. The van der Waals surface area contributed by atoms with Gasteiger partial charge in [-0.3, -0.25) is 5.01 Å². The molecule has 0 radical (unpaired) electrons. The Kier molecular flexibility index (Phi) is 7.72. The molecule has 0 saturated heterocycles. The largest absolute Gasteiger partial charge is 0.434 e. The lowest BCUT2D eigenvalue weighted by Gasteiger charge is -2.26. The van der Waals surface area contributed by atoms with Gasteiger partial charge in [0, 0.05) is 29.8 Å². The lowest BCUT2D eigenvalue weighted by molar-refractivity contribution is -0.141. The number of aromatic nitrogens is 2. The zero-order valence-electron chi connectivity index (χ0n) is 21.2. The van der Waals surface area contributed by atoms with Crippen LogP contribution in [0.25, 0.3) is 22.5 Å². The van der Waals surface area contributed by atoms with Crippen molar-refractivity contribution in [2.24, 2.45) is 11.6 Å². The van der Waals surface area contributed by atoms with E-state index in [0.717, 1.165) is 23.7 Å². The van der Waals surface area contributed by atoms with E-state index in [4.69, 9.17) is 11.6 Å². The molecule has 40 heavy (non-hydrogen) atoms. The van der Waals surface area contributed by atoms with Gasteiger partial charge in [0.2, 0.25) is 0 Å². The second-order valence-corrected chi connectivity index (χ2v) is 10.9. The summed E-state index contributed by atoms with van der Waals surface area (Å²) in [6, 6.07) is 16.0. The molecule has 210 valence electrons. The highest BCUT2D eigenvalue weighted by Gasteiger charge is 2.35. The standard InChI is InChI=1S/C27H24F5N5O2S/c1-16-35-25(27(30,31)32)15-36(16)22-11-10-20(19-4-3-5-21(12-19)40(2,38)39)13-23(22)37(34)24(14-33)17-6-8-18(9-7-17)26(28)29/h3-15,26H,33-34H2,1-2H3/b24-14-. The lowest BCUT2D eigenvalue weighted by atomic mass is 10.0. The van der Waals surface area contributed by atoms with Crippen LogP contribution in [0, 0.1) is 6.92 Å². The molecular formula is C27H24F5N5O2S. The number of hydrazine groups is 1. The summed E-state index contributed by atoms with van der Waals surface area (Å²) in [5.41, 5.74) is 6.45. The summed E-state index contributed by atoms with van der Waals surface area (Å²) in [4.78, 5) is 3.70. The quantitative estimate of drug-likeness (QED) is 0.162. The zero-order valence-corrected chi connectivity index (χ0v) is 22.0. The number of hydrogen-bond acceptors (Lipinski definition) is 6. The van der Waals surface area contributed by atoms with Crippen LogP contribution in [0.2, 0.25) is 0 Å². The summed E-state index contributed by atoms with van der Waals surface area (Å²) < 4.78 is 91.9. The first-order chi connectivity index (χ1) is 18.7. The van der Waals surface area contributed by atoms with Gasteiger partial charge in [0.05, 0.1) is 22.0 Å². The summed E-state index contributed by atoms with van der Waals surface area (Å²) in [6.07, 6.45) is -4.35. The minimum absolute atomic E-state index is 0.0216. The van der Waals surface area contributed by atoms with Gasteiger partial charge in [-0.2, -0.15) is 13.2 Å². The van der Waals surface area contributed by atoms with Crippen molar-refractivity contribution >= 4 is 21.2 Å². The number of rotatable bonds is 7. The number of alkyl halides is 5. The molecule has 0 aliphatic heterocycles. The van der Waals surface area contributed by atoms with Gasteiger partial charge in [0.15, 0.2) is 15.5 Å². The van der Waals surface area contributed by atoms with Gasteiger partial charge in [-0.1, -0.05) is 42.5 Å². The van der Waals surface area contributed by atoms with Crippen molar-refractivity contribution in [3.63, 3.8) is 0 Å². The molecule has 0 aliphatic rings. The molecule has 0 aliphatic carbocycles. The van der Waals surface area contributed by atoms with Crippen LogP contribution in [0.5, 0.6) is 0 Å². The van der Waals surface area contributed by atoms with Crippen molar-refractivity contribution in [2.45, 2.75) is 24.4 Å². The van der Waals surface area contributed by atoms with E-state index >= 15 is 0 Å². The van der Waals surface area contributed by atoms with E-state index < -0.39 is 28.1 Å². The van der Waals surface area contributed by atoms with Crippen LogP contribution in [0.3, 0.4) is 0 Å². The number of sulfone groups is 1. The molecule has 0 bridgehead atoms. The van der Waals surface area contributed by atoms with E-state index in [2.05, 4.69) is 4.98 Å². The third-order valence-electron chi connectivity index (χ3n) is 6.14. The molecule has 4 aromatic rings. The number of nitrogens with zero attached hydrogens (tertiary/aromatic N) is 3. The van der Waals surface area contributed by atoms with Crippen molar-refractivity contribution in [1.29, 1.82) is 0 Å². The van der Waals surface area contributed by atoms with Gasteiger partial charge in [0.25, 0.3) is 6.43 Å². The summed E-state index contributed by atoms with van der Waals surface area (Å²) >= 11 is 0. The maximum atomic E-state index is 13.4. The minimum Gasteiger partial charge on any atom is -0.403 e. The Morgan fingerprint density at radius 2 is 1.68 bits per heavy atom. The molecule has 0 saturated carbocycles. The van der Waals surface area contributed by atoms with E-state index in [-0.39, 0.29) is 33.4 Å². The first kappa shape index (κ1) is 28.8. The van der Waals surface area contributed by atoms with Gasteiger partial charge < -0.3 is 10.3 Å². The average molecular weight is 578 g/mol. The Morgan fingerprint density at radius 3 is 2.23 bits per heavy atom. The predicted molar refractivity (Wildman–Crippen MR) is 142 cm³/mol. The predicted octanol–water partition coefficient (Wildman–Crippen LogP) is 5.85. The molecule has 1 aromatic heterocycles. The minimum atomic E-state index is -4.70. The Morgan fingerprint density at radius 1 is 1.02 bits per heavy atom. The van der Waals surface area contributed by atoms with Crippen LogP contribution in [0.1, 0.15) is 29.1 Å². The van der Waals surface area contributed by atoms with Crippen LogP contribution in [-0.2, 0) is 16.0 Å². The van der Waals surface area contributed by atoms with Crippen LogP contribution < -0.4 is 16.6 Å². The molecule has 0 unspecified atom stereocenters. The average Bonchev–Trinajstić information content (AvgIpc) is 3.30. The fourth-order valence-corrected chi connectivity index (χ4v) is 4.77. The van der Waals surface area contributed by atoms with Crippen LogP contribution in [-0.4, -0.2) is 24.2 Å². The second kappa shape index (κ2) is 10.7.